The first-order valence-corrected chi connectivity index (χ1v) is 6.99. The Kier molecular flexibility index (Phi) is 3.79. The molecule has 1 heterocycles. The van der Waals surface area contributed by atoms with Gasteiger partial charge < -0.3 is 19.9 Å². The van der Waals surface area contributed by atoms with E-state index >= 15 is 0 Å². The van der Waals surface area contributed by atoms with Crippen molar-refractivity contribution in [1.82, 2.24) is 5.32 Å². The molecule has 2 fully saturated rings. The van der Waals surface area contributed by atoms with Crippen molar-refractivity contribution in [2.75, 3.05) is 0 Å². The topological polar surface area (TPSA) is 88.2 Å². The van der Waals surface area contributed by atoms with Crippen molar-refractivity contribution in [3.8, 4) is 0 Å². The van der Waals surface area contributed by atoms with Crippen molar-refractivity contribution in [2.24, 2.45) is 5.92 Å². The molecule has 2 N–H and O–H groups in total. The van der Waals surface area contributed by atoms with E-state index < -0.39 is 24.0 Å². The van der Waals surface area contributed by atoms with E-state index in [2.05, 4.69) is 5.32 Å². The van der Waals surface area contributed by atoms with Crippen molar-refractivity contribution in [3.05, 3.63) is 35.9 Å². The third kappa shape index (κ3) is 3.33. The van der Waals surface area contributed by atoms with Crippen molar-refractivity contribution in [1.29, 1.82) is 0 Å². The molecule has 1 saturated carbocycles. The molecule has 3 rings (SSSR count). The smallest absolute Gasteiger partial charge is 0.407 e. The number of carboxylic acids is 1. The SMILES string of the molecule is O=C(N[C@@H]1C[C@@H]2O[C@@H]2C[C@@H]1C(=O)O)OCc1ccccc1. The summed E-state index contributed by atoms with van der Waals surface area (Å²) in [5.74, 6) is -1.52. The Bertz CT molecular complexity index is 532. The lowest BCUT2D eigenvalue weighted by atomic mass is 9.84. The van der Waals surface area contributed by atoms with E-state index in [1.54, 1.807) is 0 Å². The molecule has 0 bridgehead atoms. The first kappa shape index (κ1) is 13.9. The number of epoxide rings is 1. The highest BCUT2D eigenvalue weighted by atomic mass is 16.6. The van der Waals surface area contributed by atoms with E-state index in [1.807, 2.05) is 30.3 Å². The summed E-state index contributed by atoms with van der Waals surface area (Å²) in [6.45, 7) is 0.166. The van der Waals surface area contributed by atoms with Gasteiger partial charge in [-0.3, -0.25) is 4.79 Å². The number of hydrogen-bond donors (Lipinski definition) is 2. The van der Waals surface area contributed by atoms with Crippen LogP contribution in [0.15, 0.2) is 30.3 Å². The fourth-order valence-electron chi connectivity index (χ4n) is 2.77. The number of hydrogen-bond acceptors (Lipinski definition) is 4. The average Bonchev–Trinajstić information content (AvgIpc) is 3.23. The van der Waals surface area contributed by atoms with Gasteiger partial charge in [-0.2, -0.15) is 0 Å². The van der Waals surface area contributed by atoms with E-state index in [9.17, 15) is 14.7 Å². The molecular formula is C15H17NO5. The Labute approximate surface area is 122 Å². The van der Waals surface area contributed by atoms with Crippen LogP contribution in [0.2, 0.25) is 0 Å². The van der Waals surface area contributed by atoms with Gasteiger partial charge in [0.15, 0.2) is 0 Å². The number of fused-ring (bicyclic) bond motifs is 1. The Morgan fingerprint density at radius 1 is 1.24 bits per heavy atom. The van der Waals surface area contributed by atoms with Crippen LogP contribution in [0, 0.1) is 5.92 Å². The minimum Gasteiger partial charge on any atom is -0.481 e. The van der Waals surface area contributed by atoms with E-state index in [1.165, 1.54) is 0 Å². The first-order chi connectivity index (χ1) is 10.1. The Morgan fingerprint density at radius 3 is 2.67 bits per heavy atom. The maximum Gasteiger partial charge on any atom is 0.407 e. The second kappa shape index (κ2) is 5.73. The predicted molar refractivity (Wildman–Crippen MR) is 72.6 cm³/mol. The highest BCUT2D eigenvalue weighted by Crippen LogP contribution is 2.39. The fraction of sp³-hybridized carbons (Fsp3) is 0.467. The number of nitrogens with one attached hydrogen (secondary N) is 1. The van der Waals surface area contributed by atoms with Gasteiger partial charge >= 0.3 is 12.1 Å². The minimum absolute atomic E-state index is 0.0458. The zero-order chi connectivity index (χ0) is 14.8. The lowest BCUT2D eigenvalue weighted by molar-refractivity contribution is -0.143. The molecule has 1 amide bonds. The van der Waals surface area contributed by atoms with Crippen LogP contribution in [0.3, 0.4) is 0 Å². The number of ether oxygens (including phenoxy) is 2. The summed E-state index contributed by atoms with van der Waals surface area (Å²) < 4.78 is 10.5. The van der Waals surface area contributed by atoms with Crippen molar-refractivity contribution in [3.63, 3.8) is 0 Å². The standard InChI is InChI=1S/C15H17NO5/c17-14(18)10-6-12-13(21-12)7-11(10)16-15(19)20-8-9-4-2-1-3-5-9/h1-5,10-13H,6-8H2,(H,16,19)(H,17,18)/t10-,11+,12+,13-/m0/s1. The summed E-state index contributed by atoms with van der Waals surface area (Å²) in [7, 11) is 0. The van der Waals surface area contributed by atoms with E-state index in [0.717, 1.165) is 5.56 Å². The fourth-order valence-corrected chi connectivity index (χ4v) is 2.77. The molecule has 0 aromatic heterocycles. The van der Waals surface area contributed by atoms with Crippen LogP contribution in [-0.4, -0.2) is 35.4 Å². The molecule has 0 radical (unpaired) electrons. The van der Waals surface area contributed by atoms with Crippen LogP contribution < -0.4 is 5.32 Å². The zero-order valence-corrected chi connectivity index (χ0v) is 11.4. The summed E-state index contributed by atoms with van der Waals surface area (Å²) in [5, 5.41) is 11.9. The molecule has 1 saturated heterocycles. The summed E-state index contributed by atoms with van der Waals surface area (Å²) >= 11 is 0. The third-order valence-electron chi connectivity index (χ3n) is 3.98. The maximum atomic E-state index is 11.8. The molecular weight excluding hydrogens is 274 g/mol. The van der Waals surface area contributed by atoms with Gasteiger partial charge in [0.2, 0.25) is 0 Å². The maximum absolute atomic E-state index is 11.8. The van der Waals surface area contributed by atoms with Crippen LogP contribution in [0.4, 0.5) is 4.79 Å². The Balaban J connectivity index is 1.52. The number of carbonyl (C=O) groups is 2. The van der Waals surface area contributed by atoms with Gasteiger partial charge in [0.1, 0.15) is 6.61 Å². The van der Waals surface area contributed by atoms with Crippen LogP contribution in [0.5, 0.6) is 0 Å². The molecule has 1 aliphatic heterocycles. The highest BCUT2D eigenvalue weighted by Gasteiger charge is 2.51. The summed E-state index contributed by atoms with van der Waals surface area (Å²) in [6.07, 6.45) is 0.518. The number of benzene rings is 1. The largest absolute Gasteiger partial charge is 0.481 e. The molecule has 0 spiro atoms. The van der Waals surface area contributed by atoms with Crippen LogP contribution in [0.25, 0.3) is 0 Å². The summed E-state index contributed by atoms with van der Waals surface area (Å²) in [4.78, 5) is 23.0. The van der Waals surface area contributed by atoms with Crippen LogP contribution >= 0.6 is 0 Å². The lowest BCUT2D eigenvalue weighted by Crippen LogP contribution is -2.47. The molecule has 6 nitrogen and oxygen atoms in total. The number of rotatable bonds is 4. The molecule has 1 aromatic carbocycles. The lowest BCUT2D eigenvalue weighted by Gasteiger charge is -2.26. The van der Waals surface area contributed by atoms with Gasteiger partial charge in [-0.05, 0) is 18.4 Å². The average molecular weight is 291 g/mol. The second-order valence-corrected chi connectivity index (χ2v) is 5.44. The molecule has 112 valence electrons. The summed E-state index contributed by atoms with van der Waals surface area (Å²) in [6, 6.07) is 8.89. The number of aliphatic carboxylic acids is 1. The van der Waals surface area contributed by atoms with Crippen molar-refractivity contribution < 1.29 is 24.2 Å². The molecule has 1 aromatic rings. The Hall–Kier alpha value is -2.08. The quantitative estimate of drug-likeness (QED) is 0.822. The molecule has 4 atom stereocenters. The van der Waals surface area contributed by atoms with E-state index in [0.29, 0.717) is 12.8 Å². The molecule has 2 aliphatic rings. The monoisotopic (exact) mass is 291 g/mol. The van der Waals surface area contributed by atoms with Gasteiger partial charge in [-0.15, -0.1) is 0 Å². The number of amides is 1. The second-order valence-electron chi connectivity index (χ2n) is 5.44. The van der Waals surface area contributed by atoms with Gasteiger partial charge in [0.25, 0.3) is 0 Å². The Morgan fingerprint density at radius 2 is 1.95 bits per heavy atom. The number of alkyl carbamates (subject to hydrolysis) is 1. The number of carbonyl (C=O) groups excluding carboxylic acids is 1. The van der Waals surface area contributed by atoms with Crippen LogP contribution in [-0.2, 0) is 20.9 Å². The van der Waals surface area contributed by atoms with Gasteiger partial charge in [0, 0.05) is 6.04 Å². The summed E-state index contributed by atoms with van der Waals surface area (Å²) in [5.41, 5.74) is 0.886. The highest BCUT2D eigenvalue weighted by molar-refractivity contribution is 5.74. The van der Waals surface area contributed by atoms with Crippen molar-refractivity contribution >= 4 is 12.1 Å². The van der Waals surface area contributed by atoms with E-state index in [4.69, 9.17) is 9.47 Å². The predicted octanol–water partition coefficient (Wildman–Crippen LogP) is 1.54. The molecule has 1 aliphatic carbocycles. The van der Waals surface area contributed by atoms with Gasteiger partial charge in [0.05, 0.1) is 18.1 Å². The normalized spacial score (nSPS) is 30.1. The molecule has 0 unspecified atom stereocenters. The van der Waals surface area contributed by atoms with Crippen molar-refractivity contribution in [2.45, 2.75) is 37.7 Å². The van der Waals surface area contributed by atoms with Crippen LogP contribution in [0.1, 0.15) is 18.4 Å². The molecule has 21 heavy (non-hydrogen) atoms. The minimum atomic E-state index is -0.905. The van der Waals surface area contributed by atoms with E-state index in [-0.39, 0.29) is 18.8 Å². The number of carboxylic acid groups (broad SMARTS) is 1. The van der Waals surface area contributed by atoms with Gasteiger partial charge in [-0.25, -0.2) is 4.79 Å². The third-order valence-corrected chi connectivity index (χ3v) is 3.98. The first-order valence-electron chi connectivity index (χ1n) is 6.99. The molecule has 6 heteroatoms. The van der Waals surface area contributed by atoms with Gasteiger partial charge in [-0.1, -0.05) is 30.3 Å². The zero-order valence-electron chi connectivity index (χ0n) is 11.4.